The van der Waals surface area contributed by atoms with Gasteiger partial charge in [-0.05, 0) is 35.7 Å². The molecule has 1 N–H and O–H groups in total. The van der Waals surface area contributed by atoms with Gasteiger partial charge in [0.05, 0.1) is 0 Å². The standard InChI is InChI=1S/C17H26N6S2.HI/c1-3-15-20-17(25-21-15)23-10-8-22(9-11-23)16(18-4-2)19-7-5-14-6-12-24-13-14;/h6,12-13H,3-5,7-11H2,1-2H3,(H,18,19);1H. The molecule has 6 nitrogen and oxygen atoms in total. The van der Waals surface area contributed by atoms with E-state index in [9.17, 15) is 0 Å². The van der Waals surface area contributed by atoms with Crippen molar-refractivity contribution in [2.24, 2.45) is 4.99 Å². The summed E-state index contributed by atoms with van der Waals surface area (Å²) < 4.78 is 4.40. The lowest BCUT2D eigenvalue weighted by Crippen LogP contribution is -2.52. The maximum Gasteiger partial charge on any atom is 0.205 e. The summed E-state index contributed by atoms with van der Waals surface area (Å²) in [5.74, 6) is 1.98. The molecule has 0 spiro atoms. The Bertz CT molecular complexity index is 665. The number of nitrogens with zero attached hydrogens (tertiary/aromatic N) is 5. The third-order valence-electron chi connectivity index (χ3n) is 4.20. The zero-order chi connectivity index (χ0) is 17.5. The van der Waals surface area contributed by atoms with Crippen LogP contribution in [0.3, 0.4) is 0 Å². The zero-order valence-electron chi connectivity index (χ0n) is 15.3. The number of guanidine groups is 1. The van der Waals surface area contributed by atoms with Crippen molar-refractivity contribution in [1.29, 1.82) is 0 Å². The number of hydrogen-bond donors (Lipinski definition) is 1. The van der Waals surface area contributed by atoms with E-state index < -0.39 is 0 Å². The smallest absolute Gasteiger partial charge is 0.205 e. The number of anilines is 1. The minimum atomic E-state index is 0. The van der Waals surface area contributed by atoms with Crippen molar-refractivity contribution in [2.45, 2.75) is 26.7 Å². The minimum absolute atomic E-state index is 0. The van der Waals surface area contributed by atoms with E-state index in [-0.39, 0.29) is 24.0 Å². The lowest BCUT2D eigenvalue weighted by Gasteiger charge is -2.36. The number of piperazine rings is 1. The topological polar surface area (TPSA) is 56.7 Å². The van der Waals surface area contributed by atoms with Gasteiger partial charge in [0, 0.05) is 57.2 Å². The molecule has 2 aromatic rings. The summed E-state index contributed by atoms with van der Waals surface area (Å²) in [7, 11) is 0. The van der Waals surface area contributed by atoms with Crippen LogP contribution in [0.1, 0.15) is 25.2 Å². The number of halogens is 1. The molecule has 2 aromatic heterocycles. The van der Waals surface area contributed by atoms with Crippen molar-refractivity contribution in [3.8, 4) is 0 Å². The fourth-order valence-electron chi connectivity index (χ4n) is 2.78. The highest BCUT2D eigenvalue weighted by Crippen LogP contribution is 2.19. The predicted octanol–water partition coefficient (Wildman–Crippen LogP) is 3.11. The largest absolute Gasteiger partial charge is 0.357 e. The van der Waals surface area contributed by atoms with Crippen LogP contribution in [0.4, 0.5) is 5.13 Å². The minimum Gasteiger partial charge on any atom is -0.357 e. The van der Waals surface area contributed by atoms with Crippen molar-refractivity contribution in [3.63, 3.8) is 0 Å². The molecule has 0 amide bonds. The quantitative estimate of drug-likeness (QED) is 0.371. The van der Waals surface area contributed by atoms with Gasteiger partial charge >= 0.3 is 0 Å². The van der Waals surface area contributed by atoms with Crippen LogP contribution in [-0.4, -0.2) is 59.5 Å². The van der Waals surface area contributed by atoms with E-state index in [0.717, 1.165) is 69.0 Å². The maximum atomic E-state index is 4.82. The van der Waals surface area contributed by atoms with Gasteiger partial charge in [-0.15, -0.1) is 24.0 Å². The van der Waals surface area contributed by atoms with E-state index in [1.807, 2.05) is 0 Å². The molecule has 0 radical (unpaired) electrons. The summed E-state index contributed by atoms with van der Waals surface area (Å²) in [5, 5.41) is 8.81. The SMILES string of the molecule is CCNC(=NCCc1ccsc1)N1CCN(c2nc(CC)ns2)CC1.I. The van der Waals surface area contributed by atoms with Crippen LogP contribution < -0.4 is 10.2 Å². The van der Waals surface area contributed by atoms with Crippen molar-refractivity contribution < 1.29 is 0 Å². The summed E-state index contributed by atoms with van der Waals surface area (Å²) in [4.78, 5) is 14.1. The van der Waals surface area contributed by atoms with Crippen LogP contribution in [0, 0.1) is 0 Å². The zero-order valence-corrected chi connectivity index (χ0v) is 19.3. The second kappa shape index (κ2) is 11.0. The first kappa shape index (κ1) is 21.4. The van der Waals surface area contributed by atoms with Crippen LogP contribution in [0.15, 0.2) is 21.8 Å². The summed E-state index contributed by atoms with van der Waals surface area (Å²) in [6.07, 6.45) is 1.90. The first-order chi connectivity index (χ1) is 12.3. The van der Waals surface area contributed by atoms with Gasteiger partial charge in [-0.2, -0.15) is 15.7 Å². The summed E-state index contributed by atoms with van der Waals surface area (Å²) in [6, 6.07) is 2.18. The molecule has 3 heterocycles. The average Bonchev–Trinajstić information content (AvgIpc) is 3.33. The second-order valence-electron chi connectivity index (χ2n) is 5.94. The summed E-state index contributed by atoms with van der Waals surface area (Å²) >= 11 is 3.26. The molecular weight excluding hydrogens is 479 g/mol. The molecule has 0 aromatic carbocycles. The highest BCUT2D eigenvalue weighted by molar-refractivity contribution is 14.0. The van der Waals surface area contributed by atoms with Gasteiger partial charge < -0.3 is 15.1 Å². The van der Waals surface area contributed by atoms with Crippen molar-refractivity contribution >= 4 is 57.9 Å². The van der Waals surface area contributed by atoms with E-state index in [4.69, 9.17) is 4.99 Å². The Morgan fingerprint density at radius 1 is 1.27 bits per heavy atom. The molecular formula is C17H27IN6S2. The van der Waals surface area contributed by atoms with E-state index >= 15 is 0 Å². The van der Waals surface area contributed by atoms with Gasteiger partial charge in [0.2, 0.25) is 5.13 Å². The molecule has 0 bridgehead atoms. The molecule has 1 fully saturated rings. The highest BCUT2D eigenvalue weighted by atomic mass is 127. The maximum absolute atomic E-state index is 4.82. The number of nitrogens with one attached hydrogen (secondary N) is 1. The molecule has 9 heteroatoms. The van der Waals surface area contributed by atoms with Gasteiger partial charge in [-0.25, -0.2) is 4.98 Å². The van der Waals surface area contributed by atoms with Crippen LogP contribution in [0.25, 0.3) is 0 Å². The van der Waals surface area contributed by atoms with Crippen molar-refractivity contribution in [3.05, 3.63) is 28.2 Å². The second-order valence-corrected chi connectivity index (χ2v) is 7.45. The van der Waals surface area contributed by atoms with Crippen molar-refractivity contribution in [2.75, 3.05) is 44.2 Å². The molecule has 1 saturated heterocycles. The first-order valence-corrected chi connectivity index (χ1v) is 10.6. The normalized spacial score (nSPS) is 15.1. The fourth-order valence-corrected chi connectivity index (χ4v) is 4.28. The number of hydrogen-bond acceptors (Lipinski definition) is 6. The Balaban J connectivity index is 0.00000243. The molecule has 0 atom stereocenters. The number of rotatable bonds is 6. The fraction of sp³-hybridized carbons (Fsp3) is 0.588. The molecule has 3 rings (SSSR count). The molecule has 1 aliphatic rings. The van der Waals surface area contributed by atoms with Crippen LogP contribution in [-0.2, 0) is 12.8 Å². The van der Waals surface area contributed by atoms with E-state index in [1.165, 1.54) is 17.1 Å². The first-order valence-electron chi connectivity index (χ1n) is 8.92. The number of aryl methyl sites for hydroxylation is 1. The number of thiophene rings is 1. The molecule has 1 aliphatic heterocycles. The van der Waals surface area contributed by atoms with E-state index in [2.05, 4.69) is 55.1 Å². The average molecular weight is 506 g/mol. The Kier molecular flexibility index (Phi) is 9.06. The highest BCUT2D eigenvalue weighted by Gasteiger charge is 2.21. The van der Waals surface area contributed by atoms with Crippen LogP contribution >= 0.6 is 46.8 Å². The monoisotopic (exact) mass is 506 g/mol. The van der Waals surface area contributed by atoms with Crippen LogP contribution in [0.2, 0.25) is 0 Å². The summed E-state index contributed by atoms with van der Waals surface area (Å²) in [5.41, 5.74) is 1.37. The summed E-state index contributed by atoms with van der Waals surface area (Å²) in [6.45, 7) is 9.80. The number of aromatic nitrogens is 2. The molecule has 26 heavy (non-hydrogen) atoms. The van der Waals surface area contributed by atoms with Crippen LogP contribution in [0.5, 0.6) is 0 Å². The van der Waals surface area contributed by atoms with Gasteiger partial charge in [-0.1, -0.05) is 6.92 Å². The number of aliphatic imine (C=N–C) groups is 1. The molecule has 144 valence electrons. The molecule has 0 saturated carbocycles. The Morgan fingerprint density at radius 3 is 2.69 bits per heavy atom. The Morgan fingerprint density at radius 2 is 2.08 bits per heavy atom. The van der Waals surface area contributed by atoms with Gasteiger partial charge in [-0.3, -0.25) is 4.99 Å². The molecule has 0 aliphatic carbocycles. The van der Waals surface area contributed by atoms with Gasteiger partial charge in [0.15, 0.2) is 5.96 Å². The third kappa shape index (κ3) is 5.78. The Hall–Kier alpha value is -0.940. The third-order valence-corrected chi connectivity index (χ3v) is 5.75. The lowest BCUT2D eigenvalue weighted by atomic mass is 10.2. The molecule has 0 unspecified atom stereocenters. The Labute approximate surface area is 180 Å². The van der Waals surface area contributed by atoms with Crippen molar-refractivity contribution in [1.82, 2.24) is 19.6 Å². The lowest BCUT2D eigenvalue weighted by molar-refractivity contribution is 0.372. The van der Waals surface area contributed by atoms with Gasteiger partial charge in [0.1, 0.15) is 5.82 Å². The predicted molar refractivity (Wildman–Crippen MR) is 122 cm³/mol. The van der Waals surface area contributed by atoms with Gasteiger partial charge in [0.25, 0.3) is 0 Å². The van der Waals surface area contributed by atoms with E-state index in [1.54, 1.807) is 11.3 Å². The van der Waals surface area contributed by atoms with E-state index in [0.29, 0.717) is 0 Å².